The first-order valence-electron chi connectivity index (χ1n) is 8.88. The Morgan fingerprint density at radius 3 is 2.75 bits per heavy atom. The molecule has 1 aromatic rings. The summed E-state index contributed by atoms with van der Waals surface area (Å²) in [6, 6.07) is 0. The van der Waals surface area contributed by atoms with Crippen LogP contribution < -0.4 is 0 Å². The molecular formula is C18H29N3O3. The zero-order valence-electron chi connectivity index (χ0n) is 15.3. The molecule has 0 saturated carbocycles. The van der Waals surface area contributed by atoms with Gasteiger partial charge in [-0.15, -0.1) is 0 Å². The van der Waals surface area contributed by atoms with E-state index in [-0.39, 0.29) is 11.3 Å². The maximum atomic E-state index is 12.6. The summed E-state index contributed by atoms with van der Waals surface area (Å²) < 4.78 is 11.1. The summed E-state index contributed by atoms with van der Waals surface area (Å²) in [7, 11) is 0. The molecule has 3 heterocycles. The van der Waals surface area contributed by atoms with Gasteiger partial charge in [0.1, 0.15) is 5.76 Å². The number of carbonyl (C=O) groups is 1. The minimum Gasteiger partial charge on any atom is -0.379 e. The van der Waals surface area contributed by atoms with Crippen LogP contribution in [0, 0.1) is 25.2 Å². The molecule has 1 spiro atoms. The van der Waals surface area contributed by atoms with Gasteiger partial charge in [0, 0.05) is 43.6 Å². The van der Waals surface area contributed by atoms with Gasteiger partial charge >= 0.3 is 0 Å². The van der Waals surface area contributed by atoms with Gasteiger partial charge < -0.3 is 19.1 Å². The third-order valence-corrected chi connectivity index (χ3v) is 5.08. The van der Waals surface area contributed by atoms with E-state index >= 15 is 0 Å². The van der Waals surface area contributed by atoms with E-state index < -0.39 is 0 Å². The molecule has 24 heavy (non-hydrogen) atoms. The minimum absolute atomic E-state index is 0.0819. The lowest BCUT2D eigenvalue weighted by molar-refractivity contribution is -0.128. The highest BCUT2D eigenvalue weighted by Crippen LogP contribution is 2.35. The molecule has 0 radical (unpaired) electrons. The van der Waals surface area contributed by atoms with Gasteiger partial charge in [-0.1, -0.05) is 19.0 Å². The number of hydrogen-bond donors (Lipinski definition) is 0. The SMILES string of the molecule is Cc1noc(C)c1CN1C[C@@]2(COCCN(CC(C)C)C2)CC1=O. The topological polar surface area (TPSA) is 58.8 Å². The Hall–Kier alpha value is -1.40. The van der Waals surface area contributed by atoms with Gasteiger partial charge in [0.2, 0.25) is 5.91 Å². The van der Waals surface area contributed by atoms with E-state index in [4.69, 9.17) is 9.26 Å². The number of carbonyl (C=O) groups excluding carboxylic acids is 1. The second-order valence-corrected chi connectivity index (χ2v) is 7.91. The van der Waals surface area contributed by atoms with Crippen molar-refractivity contribution in [3.8, 4) is 0 Å². The van der Waals surface area contributed by atoms with Gasteiger partial charge in [-0.2, -0.15) is 0 Å². The molecular weight excluding hydrogens is 306 g/mol. The lowest BCUT2D eigenvalue weighted by Gasteiger charge is -2.32. The van der Waals surface area contributed by atoms with Crippen molar-refractivity contribution >= 4 is 5.91 Å². The fraction of sp³-hybridized carbons (Fsp3) is 0.778. The fourth-order valence-corrected chi connectivity index (χ4v) is 4.00. The number of aryl methyl sites for hydroxylation is 2. The van der Waals surface area contributed by atoms with Crippen LogP contribution in [0.5, 0.6) is 0 Å². The molecule has 1 amide bonds. The maximum Gasteiger partial charge on any atom is 0.223 e. The Kier molecular flexibility index (Phi) is 4.97. The molecule has 0 unspecified atom stereocenters. The highest BCUT2D eigenvalue weighted by atomic mass is 16.5. The molecule has 0 aromatic carbocycles. The molecule has 134 valence electrons. The molecule has 6 heteroatoms. The fourth-order valence-electron chi connectivity index (χ4n) is 4.00. The molecule has 2 aliphatic heterocycles. The number of ether oxygens (including phenoxy) is 1. The Bertz CT molecular complexity index is 579. The minimum atomic E-state index is -0.0819. The Labute approximate surface area is 144 Å². The van der Waals surface area contributed by atoms with Crippen LogP contribution in [0.4, 0.5) is 0 Å². The van der Waals surface area contributed by atoms with Crippen molar-refractivity contribution in [2.24, 2.45) is 11.3 Å². The van der Waals surface area contributed by atoms with Gasteiger partial charge in [0.25, 0.3) is 0 Å². The van der Waals surface area contributed by atoms with E-state index in [0.29, 0.717) is 25.5 Å². The lowest BCUT2D eigenvalue weighted by Crippen LogP contribution is -2.41. The Balaban J connectivity index is 1.72. The summed E-state index contributed by atoms with van der Waals surface area (Å²) in [4.78, 5) is 17.1. The first-order chi connectivity index (χ1) is 11.4. The highest BCUT2D eigenvalue weighted by Gasteiger charge is 2.45. The summed E-state index contributed by atoms with van der Waals surface area (Å²) in [5, 5.41) is 4.00. The van der Waals surface area contributed by atoms with E-state index in [2.05, 4.69) is 23.9 Å². The van der Waals surface area contributed by atoms with Crippen LogP contribution in [0.2, 0.25) is 0 Å². The predicted molar refractivity (Wildman–Crippen MR) is 90.5 cm³/mol. The standard InChI is InChI=1S/C18H29N3O3/c1-13(2)8-20-5-6-23-12-18(10-20)7-17(22)21(11-18)9-16-14(3)19-24-15(16)4/h13H,5-12H2,1-4H3/t18-/m1/s1. The van der Waals surface area contributed by atoms with Gasteiger partial charge in [-0.05, 0) is 19.8 Å². The first-order valence-corrected chi connectivity index (χ1v) is 8.88. The van der Waals surface area contributed by atoms with Crippen LogP contribution in [-0.2, 0) is 16.1 Å². The number of hydrogen-bond acceptors (Lipinski definition) is 5. The van der Waals surface area contributed by atoms with Gasteiger partial charge in [0.15, 0.2) is 0 Å². The van der Waals surface area contributed by atoms with E-state index in [0.717, 1.165) is 49.8 Å². The average molecular weight is 335 g/mol. The quantitative estimate of drug-likeness (QED) is 0.842. The van der Waals surface area contributed by atoms with Crippen LogP contribution in [-0.4, -0.2) is 60.3 Å². The number of amides is 1. The van der Waals surface area contributed by atoms with Crippen LogP contribution in [0.1, 0.15) is 37.3 Å². The average Bonchev–Trinajstić information content (AvgIpc) is 2.88. The molecule has 2 saturated heterocycles. The van der Waals surface area contributed by atoms with Gasteiger partial charge in [-0.25, -0.2) is 0 Å². The lowest BCUT2D eigenvalue weighted by atomic mass is 9.87. The molecule has 2 aliphatic rings. The Morgan fingerprint density at radius 1 is 1.29 bits per heavy atom. The molecule has 0 aliphatic carbocycles. The number of rotatable bonds is 4. The van der Waals surface area contributed by atoms with E-state index in [1.165, 1.54) is 0 Å². The Morgan fingerprint density at radius 2 is 2.08 bits per heavy atom. The van der Waals surface area contributed by atoms with E-state index in [1.807, 2.05) is 18.7 Å². The van der Waals surface area contributed by atoms with Crippen molar-refractivity contribution in [3.63, 3.8) is 0 Å². The van der Waals surface area contributed by atoms with E-state index in [9.17, 15) is 4.79 Å². The van der Waals surface area contributed by atoms with Crippen molar-refractivity contribution in [2.45, 2.75) is 40.7 Å². The number of likely N-dealkylation sites (tertiary alicyclic amines) is 1. The molecule has 0 N–H and O–H groups in total. The van der Waals surface area contributed by atoms with Crippen LogP contribution >= 0.6 is 0 Å². The van der Waals surface area contributed by atoms with Crippen molar-refractivity contribution in [3.05, 3.63) is 17.0 Å². The second-order valence-electron chi connectivity index (χ2n) is 7.91. The zero-order valence-corrected chi connectivity index (χ0v) is 15.3. The summed E-state index contributed by atoms with van der Waals surface area (Å²) >= 11 is 0. The molecule has 1 aromatic heterocycles. The van der Waals surface area contributed by atoms with Crippen molar-refractivity contribution in [1.29, 1.82) is 0 Å². The maximum absolute atomic E-state index is 12.6. The first kappa shape index (κ1) is 17.4. The van der Waals surface area contributed by atoms with Crippen molar-refractivity contribution in [1.82, 2.24) is 15.0 Å². The van der Waals surface area contributed by atoms with Crippen LogP contribution in [0.3, 0.4) is 0 Å². The highest BCUT2D eigenvalue weighted by molar-refractivity contribution is 5.79. The second kappa shape index (κ2) is 6.84. The summed E-state index contributed by atoms with van der Waals surface area (Å²) in [5.41, 5.74) is 1.83. The van der Waals surface area contributed by atoms with Crippen LogP contribution in [0.25, 0.3) is 0 Å². The van der Waals surface area contributed by atoms with Crippen LogP contribution in [0.15, 0.2) is 4.52 Å². The smallest absolute Gasteiger partial charge is 0.223 e. The van der Waals surface area contributed by atoms with E-state index in [1.54, 1.807) is 0 Å². The van der Waals surface area contributed by atoms with Crippen molar-refractivity contribution < 1.29 is 14.1 Å². The summed E-state index contributed by atoms with van der Waals surface area (Å²) in [6.45, 7) is 14.0. The third kappa shape index (κ3) is 3.64. The predicted octanol–water partition coefficient (Wildman–Crippen LogP) is 2.00. The zero-order chi connectivity index (χ0) is 17.3. The summed E-state index contributed by atoms with van der Waals surface area (Å²) in [5.74, 6) is 1.64. The number of aromatic nitrogens is 1. The molecule has 3 rings (SSSR count). The van der Waals surface area contributed by atoms with Gasteiger partial charge in [0.05, 0.1) is 25.5 Å². The largest absolute Gasteiger partial charge is 0.379 e. The van der Waals surface area contributed by atoms with Gasteiger partial charge in [-0.3, -0.25) is 4.79 Å². The van der Waals surface area contributed by atoms with Crippen molar-refractivity contribution in [2.75, 3.05) is 39.4 Å². The third-order valence-electron chi connectivity index (χ3n) is 5.08. The molecule has 2 fully saturated rings. The molecule has 0 bridgehead atoms. The summed E-state index contributed by atoms with van der Waals surface area (Å²) in [6.07, 6.45) is 0.574. The normalized spacial score (nSPS) is 25.9. The monoisotopic (exact) mass is 335 g/mol. The molecule has 1 atom stereocenters. The molecule has 6 nitrogen and oxygen atoms in total. The number of nitrogens with zero attached hydrogens (tertiary/aromatic N) is 3.